The second-order valence-electron chi connectivity index (χ2n) is 8.64. The number of aromatic nitrogens is 7. The number of H-pyrrole nitrogens is 1. The molecule has 0 radical (unpaired) electrons. The third-order valence-electron chi connectivity index (χ3n) is 6.04. The molecule has 1 saturated heterocycles. The van der Waals surface area contributed by atoms with E-state index in [1.165, 1.54) is 17.1 Å². The molecule has 5 rings (SSSR count). The molecule has 0 spiro atoms. The fourth-order valence-corrected chi connectivity index (χ4v) is 6.00. The summed E-state index contributed by atoms with van der Waals surface area (Å²) in [5.74, 6) is 0.167. The Bertz CT molecular complexity index is 1660. The van der Waals surface area contributed by atoms with Gasteiger partial charge in [0.15, 0.2) is 29.2 Å². The van der Waals surface area contributed by atoms with Crippen molar-refractivity contribution in [1.82, 2.24) is 34.1 Å². The van der Waals surface area contributed by atoms with Crippen molar-refractivity contribution in [2.24, 2.45) is 0 Å². The van der Waals surface area contributed by atoms with Crippen LogP contribution in [0, 0.1) is 0 Å². The highest BCUT2D eigenvalue weighted by Gasteiger charge is 2.50. The second kappa shape index (κ2) is 12.8. The van der Waals surface area contributed by atoms with Gasteiger partial charge >= 0.3 is 6.72 Å². The molecular formula is C20H24ClFN8O7P2S2. The minimum absolute atomic E-state index is 0.00809. The van der Waals surface area contributed by atoms with Gasteiger partial charge in [0.05, 0.1) is 30.5 Å². The van der Waals surface area contributed by atoms with Gasteiger partial charge in [-0.1, -0.05) is 11.6 Å². The van der Waals surface area contributed by atoms with Crippen molar-refractivity contribution in [1.29, 1.82) is 0 Å². The number of ether oxygens (including phenoxy) is 2. The highest BCUT2D eigenvalue weighted by molar-refractivity contribution is 8.07. The summed E-state index contributed by atoms with van der Waals surface area (Å²) in [4.78, 5) is 42.5. The van der Waals surface area contributed by atoms with E-state index in [4.69, 9.17) is 52.2 Å². The number of imidazole rings is 2. The monoisotopic (exact) mass is 668 g/mol. The van der Waals surface area contributed by atoms with Crippen LogP contribution in [0.3, 0.4) is 0 Å². The van der Waals surface area contributed by atoms with Crippen LogP contribution in [0.15, 0.2) is 23.4 Å². The van der Waals surface area contributed by atoms with Gasteiger partial charge in [0.25, 0.3) is 5.56 Å². The van der Waals surface area contributed by atoms with E-state index in [-0.39, 0.29) is 36.3 Å². The molecule has 21 heteroatoms. The lowest BCUT2D eigenvalue weighted by molar-refractivity contribution is -0.0556. The molecule has 0 saturated carbocycles. The van der Waals surface area contributed by atoms with E-state index >= 15 is 4.39 Å². The quantitative estimate of drug-likeness (QED) is 0.0975. The average Bonchev–Trinajstić information content (AvgIpc) is 3.58. The zero-order valence-electron chi connectivity index (χ0n) is 20.9. The Morgan fingerprint density at radius 3 is 2.93 bits per heavy atom. The number of alkyl halides is 1. The molecule has 0 aliphatic carbocycles. The van der Waals surface area contributed by atoms with Gasteiger partial charge in [-0.25, -0.2) is 19.3 Å². The SMILES string of the molecule is Nc1nc2c(ncn2[C@@H]2O[C@H](COCS)[C@@H](F)[C@H]2OP(O)(=S)OCc2nc3cc(Cl)cnc3n2CCOP)c(=O)[nH]1. The minimum Gasteiger partial charge on any atom is -0.369 e. The summed E-state index contributed by atoms with van der Waals surface area (Å²) in [6.07, 6.45) is -3.08. The number of nitrogen functional groups attached to an aromatic ring is 1. The van der Waals surface area contributed by atoms with E-state index in [2.05, 4.69) is 47.0 Å². The van der Waals surface area contributed by atoms with Crippen LogP contribution in [0.25, 0.3) is 22.3 Å². The highest BCUT2D eigenvalue weighted by Crippen LogP contribution is 2.51. The first kappa shape index (κ1) is 30.6. The molecule has 2 unspecified atom stereocenters. The van der Waals surface area contributed by atoms with Crippen molar-refractivity contribution < 1.29 is 32.3 Å². The number of fused-ring (bicyclic) bond motifs is 2. The number of hydrogen-bond acceptors (Lipinski definition) is 13. The maximum atomic E-state index is 15.7. The van der Waals surface area contributed by atoms with E-state index in [0.717, 1.165) is 0 Å². The number of halogens is 2. The summed E-state index contributed by atoms with van der Waals surface area (Å²) >= 11 is 15.3. The number of nitrogens with two attached hydrogens (primary N) is 1. The predicted octanol–water partition coefficient (Wildman–Crippen LogP) is 1.86. The van der Waals surface area contributed by atoms with E-state index in [1.807, 2.05) is 0 Å². The first-order valence-electron chi connectivity index (χ1n) is 11.8. The van der Waals surface area contributed by atoms with Crippen molar-refractivity contribution in [3.63, 3.8) is 0 Å². The van der Waals surface area contributed by atoms with E-state index < -0.39 is 36.9 Å². The molecule has 1 aliphatic rings. The van der Waals surface area contributed by atoms with Gasteiger partial charge in [-0.3, -0.25) is 18.9 Å². The topological polar surface area (TPSA) is 187 Å². The summed E-state index contributed by atoms with van der Waals surface area (Å²) in [5.41, 5.74) is 6.04. The molecule has 4 aromatic rings. The zero-order valence-corrected chi connectivity index (χ0v) is 25.4. The molecule has 1 aliphatic heterocycles. The van der Waals surface area contributed by atoms with Gasteiger partial charge in [-0.05, 0) is 17.9 Å². The van der Waals surface area contributed by atoms with Gasteiger partial charge in [0, 0.05) is 22.2 Å². The van der Waals surface area contributed by atoms with Gasteiger partial charge in [-0.2, -0.15) is 17.6 Å². The number of pyridine rings is 1. The van der Waals surface area contributed by atoms with Gasteiger partial charge in [0.1, 0.15) is 30.2 Å². The molecule has 0 bridgehead atoms. The predicted molar refractivity (Wildman–Crippen MR) is 156 cm³/mol. The Hall–Kier alpha value is -1.82. The third kappa shape index (κ3) is 6.58. The molecule has 222 valence electrons. The standard InChI is InChI=1S/C20H24ClFN8O7P2S2/c21-9-3-10-16(24-4-9)29(1-2-34-38)12(26-10)6-35-39(32,41)37-15-13(22)11(5-33-8-40)36-19(15)30-7-25-14-17(30)27-20(23)28-18(14)31/h3-4,7,11,13,15,19,40H,1-2,5-6,8,38H2,(H,32,41)(H3,23,27,28,31)/t11-,13-,15-,19-,39?/m1/s1. The highest BCUT2D eigenvalue weighted by atomic mass is 35.5. The zero-order chi connectivity index (χ0) is 29.3. The van der Waals surface area contributed by atoms with Crippen LogP contribution >= 0.6 is 40.4 Å². The van der Waals surface area contributed by atoms with Crippen LogP contribution in [0.1, 0.15) is 12.1 Å². The summed E-state index contributed by atoms with van der Waals surface area (Å²) in [6, 6.07) is 1.62. The third-order valence-corrected chi connectivity index (χ3v) is 8.20. The van der Waals surface area contributed by atoms with Crippen LogP contribution in [0.2, 0.25) is 5.02 Å². The summed E-state index contributed by atoms with van der Waals surface area (Å²) in [6.45, 7) is -3.97. The van der Waals surface area contributed by atoms with Crippen molar-refractivity contribution in [3.8, 4) is 0 Å². The van der Waals surface area contributed by atoms with Crippen molar-refractivity contribution in [3.05, 3.63) is 39.8 Å². The Morgan fingerprint density at radius 2 is 2.17 bits per heavy atom. The van der Waals surface area contributed by atoms with Crippen LogP contribution in [0.4, 0.5) is 10.3 Å². The Morgan fingerprint density at radius 1 is 1.37 bits per heavy atom. The fraction of sp³-hybridized carbons (Fsp3) is 0.450. The van der Waals surface area contributed by atoms with Crippen molar-refractivity contribution in [2.75, 3.05) is 24.9 Å². The number of nitrogens with one attached hydrogen (secondary N) is 1. The number of nitrogens with zero attached hydrogens (tertiary/aromatic N) is 6. The molecule has 15 nitrogen and oxygen atoms in total. The smallest absolute Gasteiger partial charge is 0.325 e. The lowest BCUT2D eigenvalue weighted by atomic mass is 10.1. The molecule has 4 aromatic heterocycles. The van der Waals surface area contributed by atoms with Crippen LogP contribution in [-0.4, -0.2) is 76.5 Å². The minimum atomic E-state index is -4.14. The van der Waals surface area contributed by atoms with Gasteiger partial charge in [-0.15, -0.1) is 0 Å². The molecule has 1 fully saturated rings. The first-order chi connectivity index (χ1) is 19.6. The van der Waals surface area contributed by atoms with E-state index in [1.54, 1.807) is 10.6 Å². The Labute approximate surface area is 248 Å². The normalized spacial score (nSPS) is 22.6. The van der Waals surface area contributed by atoms with Gasteiger partial charge in [0.2, 0.25) is 5.95 Å². The van der Waals surface area contributed by atoms with Crippen LogP contribution in [0.5, 0.6) is 0 Å². The molecule has 6 atom stereocenters. The Balaban J connectivity index is 1.41. The number of thiol groups is 1. The Kier molecular flexibility index (Phi) is 9.57. The number of aromatic amines is 1. The largest absolute Gasteiger partial charge is 0.369 e. The second-order valence-corrected chi connectivity index (χ2v) is 12.5. The lowest BCUT2D eigenvalue weighted by Crippen LogP contribution is -2.32. The van der Waals surface area contributed by atoms with Crippen molar-refractivity contribution >= 4 is 80.5 Å². The first-order valence-corrected chi connectivity index (χ1v) is 15.9. The molecule has 41 heavy (non-hydrogen) atoms. The molecule has 4 N–H and O–H groups in total. The molecule has 5 heterocycles. The average molecular weight is 669 g/mol. The maximum absolute atomic E-state index is 15.7. The fourth-order valence-electron chi connectivity index (χ4n) is 4.31. The van der Waals surface area contributed by atoms with Crippen molar-refractivity contribution in [2.45, 2.75) is 37.8 Å². The molecule has 0 amide bonds. The number of rotatable bonds is 12. The van der Waals surface area contributed by atoms with Crippen LogP contribution < -0.4 is 11.3 Å². The van der Waals surface area contributed by atoms with Crippen LogP contribution in [-0.2, 0) is 48.0 Å². The maximum Gasteiger partial charge on any atom is 0.325 e. The van der Waals surface area contributed by atoms with E-state index in [9.17, 15) is 9.69 Å². The molecular weight excluding hydrogens is 645 g/mol. The molecule has 0 aromatic carbocycles. The summed E-state index contributed by atoms with van der Waals surface area (Å²) in [7, 11) is 2.15. The van der Waals surface area contributed by atoms with E-state index in [0.29, 0.717) is 35.2 Å². The number of hydrogen-bond donors (Lipinski definition) is 4. The summed E-state index contributed by atoms with van der Waals surface area (Å²) < 4.78 is 46.2. The number of anilines is 1. The summed E-state index contributed by atoms with van der Waals surface area (Å²) in [5, 5.41) is 0.385. The van der Waals surface area contributed by atoms with Gasteiger partial charge < -0.3 is 33.7 Å². The lowest BCUT2D eigenvalue weighted by Gasteiger charge is -2.25.